The Kier molecular flexibility index (Phi) is 6.47. The number of amides is 1. The summed E-state index contributed by atoms with van der Waals surface area (Å²) in [7, 11) is 4.10. The van der Waals surface area contributed by atoms with Crippen molar-refractivity contribution in [1.82, 2.24) is 14.8 Å². The number of carbonyl (C=O) groups excluding carboxylic acids is 2. The number of rotatable bonds is 8. The van der Waals surface area contributed by atoms with Crippen LogP contribution in [0.2, 0.25) is 0 Å². The quantitative estimate of drug-likeness (QED) is 0.273. The Bertz CT molecular complexity index is 1450. The molecule has 1 aromatic carbocycles. The van der Waals surface area contributed by atoms with Crippen LogP contribution in [0.5, 0.6) is 11.5 Å². The van der Waals surface area contributed by atoms with Gasteiger partial charge in [0.1, 0.15) is 21.9 Å². The minimum atomic E-state index is -1.12. The molecule has 35 heavy (non-hydrogen) atoms. The number of hydrogen-bond acceptors (Lipinski definition) is 8. The van der Waals surface area contributed by atoms with E-state index in [-0.39, 0.29) is 16.4 Å². The average molecular weight is 499 g/mol. The van der Waals surface area contributed by atoms with E-state index < -0.39 is 28.9 Å². The highest BCUT2D eigenvalue weighted by molar-refractivity contribution is 7.20. The van der Waals surface area contributed by atoms with Gasteiger partial charge in [0.05, 0.1) is 25.3 Å². The normalized spacial score (nSPS) is 10.8. The number of benzene rings is 1. The number of anilines is 3. The number of nitrogens with one attached hydrogen (secondary N) is 2. The molecule has 0 radical (unpaired) electrons. The maximum Gasteiger partial charge on any atom is 0.247 e. The fourth-order valence-electron chi connectivity index (χ4n) is 3.28. The summed E-state index contributed by atoms with van der Waals surface area (Å²) in [4.78, 5) is 29.7. The largest absolute Gasteiger partial charge is 0.494 e. The zero-order valence-corrected chi connectivity index (χ0v) is 19.6. The number of hydrogen-bond donors (Lipinski definition) is 2. The number of aryl methyl sites for hydroxylation is 1. The van der Waals surface area contributed by atoms with E-state index in [1.165, 1.54) is 25.0 Å². The van der Waals surface area contributed by atoms with E-state index in [0.717, 1.165) is 23.5 Å². The first kappa shape index (κ1) is 23.8. The van der Waals surface area contributed by atoms with Crippen molar-refractivity contribution in [1.29, 1.82) is 0 Å². The number of halogens is 2. The highest BCUT2D eigenvalue weighted by atomic mass is 32.1. The van der Waals surface area contributed by atoms with Gasteiger partial charge in [0, 0.05) is 18.5 Å². The Hall–Kier alpha value is -4.32. The molecule has 0 aliphatic rings. The second-order valence-electron chi connectivity index (χ2n) is 7.20. The Morgan fingerprint density at radius 1 is 1.14 bits per heavy atom. The molecule has 0 saturated heterocycles. The lowest BCUT2D eigenvalue weighted by atomic mass is 10.1. The van der Waals surface area contributed by atoms with Gasteiger partial charge >= 0.3 is 0 Å². The topological polar surface area (TPSA) is 107 Å². The van der Waals surface area contributed by atoms with Crippen LogP contribution in [-0.4, -0.2) is 40.7 Å². The molecule has 1 amide bonds. The molecule has 0 spiro atoms. The molecule has 0 aliphatic heterocycles. The predicted molar refractivity (Wildman–Crippen MR) is 128 cm³/mol. The second kappa shape index (κ2) is 9.50. The van der Waals surface area contributed by atoms with Crippen molar-refractivity contribution in [3.63, 3.8) is 0 Å². The number of fused-ring (bicyclic) bond motifs is 1. The minimum Gasteiger partial charge on any atom is -0.494 e. The van der Waals surface area contributed by atoms with E-state index >= 15 is 0 Å². The van der Waals surface area contributed by atoms with Crippen LogP contribution in [0.1, 0.15) is 15.2 Å². The summed E-state index contributed by atoms with van der Waals surface area (Å²) in [6, 6.07) is 5.88. The molecule has 4 aromatic rings. The number of carbonyl (C=O) groups is 2. The molecule has 9 nitrogen and oxygen atoms in total. The van der Waals surface area contributed by atoms with E-state index in [9.17, 15) is 18.4 Å². The van der Waals surface area contributed by atoms with Gasteiger partial charge < -0.3 is 20.1 Å². The molecule has 0 atom stereocenters. The van der Waals surface area contributed by atoms with Crippen LogP contribution in [0, 0.1) is 11.6 Å². The third-order valence-corrected chi connectivity index (χ3v) is 5.97. The monoisotopic (exact) mass is 499 g/mol. The molecule has 2 N–H and O–H groups in total. The smallest absolute Gasteiger partial charge is 0.247 e. The summed E-state index contributed by atoms with van der Waals surface area (Å²) >= 11 is 0.969. The van der Waals surface area contributed by atoms with Crippen molar-refractivity contribution in [3.05, 3.63) is 65.2 Å². The van der Waals surface area contributed by atoms with Gasteiger partial charge in [0.2, 0.25) is 11.7 Å². The first-order chi connectivity index (χ1) is 16.7. The maximum absolute atomic E-state index is 14.8. The second-order valence-corrected chi connectivity index (χ2v) is 8.23. The van der Waals surface area contributed by atoms with E-state index in [4.69, 9.17) is 9.47 Å². The van der Waals surface area contributed by atoms with Crippen molar-refractivity contribution in [3.8, 4) is 11.5 Å². The van der Waals surface area contributed by atoms with Crippen molar-refractivity contribution < 1.29 is 27.8 Å². The summed E-state index contributed by atoms with van der Waals surface area (Å²) in [5, 5.41) is 10.5. The fourth-order valence-corrected chi connectivity index (χ4v) is 4.26. The Labute approximate surface area is 202 Å². The molecular weight excluding hydrogens is 480 g/mol. The Morgan fingerprint density at radius 2 is 1.83 bits per heavy atom. The lowest BCUT2D eigenvalue weighted by molar-refractivity contribution is -0.111. The van der Waals surface area contributed by atoms with Crippen molar-refractivity contribution >= 4 is 50.6 Å². The van der Waals surface area contributed by atoms with Gasteiger partial charge in [-0.1, -0.05) is 6.58 Å². The lowest BCUT2D eigenvalue weighted by Crippen LogP contribution is -2.09. The molecule has 0 fully saturated rings. The Balaban J connectivity index is 1.68. The Morgan fingerprint density at radius 3 is 2.46 bits per heavy atom. The van der Waals surface area contributed by atoms with Crippen molar-refractivity contribution in [2.24, 2.45) is 7.05 Å². The van der Waals surface area contributed by atoms with Gasteiger partial charge in [-0.25, -0.2) is 13.8 Å². The van der Waals surface area contributed by atoms with Crippen LogP contribution in [-0.2, 0) is 11.8 Å². The maximum atomic E-state index is 14.8. The SMILES string of the molecule is C=CC(=O)Nc1cn(C)nc1Nc1ccc2cc(C(=O)c3c(F)c(OC)cc(OC)c3F)sc2n1. The molecule has 12 heteroatoms. The molecular formula is C23H19F2N5O4S. The summed E-state index contributed by atoms with van der Waals surface area (Å²) in [6.45, 7) is 3.42. The molecule has 0 unspecified atom stereocenters. The molecule has 180 valence electrons. The van der Waals surface area contributed by atoms with Gasteiger partial charge in [0.15, 0.2) is 29.0 Å². The number of pyridine rings is 1. The number of aromatic nitrogens is 3. The molecule has 3 aromatic heterocycles. The lowest BCUT2D eigenvalue weighted by Gasteiger charge is -2.11. The fraction of sp³-hybridized carbons (Fsp3) is 0.130. The number of methoxy groups -OCH3 is 2. The van der Waals surface area contributed by atoms with E-state index in [0.29, 0.717) is 27.5 Å². The molecule has 3 heterocycles. The minimum absolute atomic E-state index is 0.0783. The number of ketones is 1. The summed E-state index contributed by atoms with van der Waals surface area (Å²) in [5.74, 6) is -3.41. The standard InChI is InChI=1S/C23H19F2N5O4S/c1-5-17(31)26-12-10-30(2)29-22(12)27-16-7-6-11-8-15(35-23(11)28-16)21(32)18-19(24)13(33-3)9-14(34-4)20(18)25/h5-10H,1H2,2-4H3,(H,26,31)(H,27,28,29). The van der Waals surface area contributed by atoms with Crippen LogP contribution in [0.3, 0.4) is 0 Å². The zero-order valence-electron chi connectivity index (χ0n) is 18.8. The number of thiophene rings is 1. The number of ether oxygens (including phenoxy) is 2. The van der Waals surface area contributed by atoms with Crippen LogP contribution in [0.25, 0.3) is 10.2 Å². The molecule has 4 rings (SSSR count). The van der Waals surface area contributed by atoms with E-state index in [2.05, 4.69) is 27.3 Å². The summed E-state index contributed by atoms with van der Waals surface area (Å²) in [5.41, 5.74) is -0.360. The summed E-state index contributed by atoms with van der Waals surface area (Å²) in [6.07, 6.45) is 2.74. The third kappa shape index (κ3) is 4.55. The average Bonchev–Trinajstić information content (AvgIpc) is 3.41. The highest BCUT2D eigenvalue weighted by Gasteiger charge is 2.27. The summed E-state index contributed by atoms with van der Waals surface area (Å²) < 4.78 is 40.9. The first-order valence-corrected chi connectivity index (χ1v) is 10.9. The predicted octanol–water partition coefficient (Wildman–Crippen LogP) is 4.42. The zero-order chi connectivity index (χ0) is 25.3. The van der Waals surface area contributed by atoms with E-state index in [1.807, 2.05) is 0 Å². The third-order valence-electron chi connectivity index (χ3n) is 4.93. The van der Waals surface area contributed by atoms with Gasteiger partial charge in [-0.05, 0) is 24.3 Å². The molecule has 0 saturated carbocycles. The molecule has 0 aliphatic carbocycles. The van der Waals surface area contributed by atoms with Gasteiger partial charge in [-0.15, -0.1) is 11.3 Å². The van der Waals surface area contributed by atoms with E-state index in [1.54, 1.807) is 25.4 Å². The van der Waals surface area contributed by atoms with Crippen LogP contribution < -0.4 is 20.1 Å². The van der Waals surface area contributed by atoms with Crippen LogP contribution in [0.15, 0.2) is 43.1 Å². The van der Waals surface area contributed by atoms with Crippen molar-refractivity contribution in [2.75, 3.05) is 24.9 Å². The van der Waals surface area contributed by atoms with Crippen LogP contribution in [0.4, 0.5) is 26.1 Å². The van der Waals surface area contributed by atoms with Gasteiger partial charge in [-0.3, -0.25) is 14.3 Å². The van der Waals surface area contributed by atoms with Gasteiger partial charge in [0.25, 0.3) is 0 Å². The van der Waals surface area contributed by atoms with Gasteiger partial charge in [-0.2, -0.15) is 5.10 Å². The molecule has 0 bridgehead atoms. The highest BCUT2D eigenvalue weighted by Crippen LogP contribution is 2.35. The van der Waals surface area contributed by atoms with Crippen molar-refractivity contribution in [2.45, 2.75) is 0 Å². The van der Waals surface area contributed by atoms with Crippen LogP contribution >= 0.6 is 11.3 Å². The first-order valence-electron chi connectivity index (χ1n) is 10.0. The number of nitrogens with zero attached hydrogens (tertiary/aromatic N) is 3.